The third-order valence-electron chi connectivity index (χ3n) is 1.85. The Labute approximate surface area is 69.4 Å². The van der Waals surface area contributed by atoms with E-state index in [1.165, 1.54) is 0 Å². The van der Waals surface area contributed by atoms with Crippen molar-refractivity contribution in [2.24, 2.45) is 16.2 Å². The Balaban J connectivity index is 2.90. The second-order valence-corrected chi connectivity index (χ2v) is 2.94. The molecule has 0 radical (unpaired) electrons. The molecule has 0 amide bonds. The maximum Gasteiger partial charge on any atom is 0.228 e. The molecule has 0 spiro atoms. The largest absolute Gasteiger partial charge is 0.411 e. The van der Waals surface area contributed by atoms with Gasteiger partial charge in [-0.05, 0) is 18.8 Å². The summed E-state index contributed by atoms with van der Waals surface area (Å²) >= 11 is 0. The van der Waals surface area contributed by atoms with Crippen LogP contribution in [0.15, 0.2) is 10.3 Å². The molecule has 0 aromatic carbocycles. The topological polar surface area (TPSA) is 82.2 Å². The van der Waals surface area contributed by atoms with Crippen LogP contribution in [0, 0.1) is 5.92 Å². The van der Waals surface area contributed by atoms with E-state index in [0.29, 0.717) is 12.8 Å². The number of hydrogen-bond donors (Lipinski definition) is 2. The van der Waals surface area contributed by atoms with E-state index in [1.807, 2.05) is 6.92 Å². The van der Waals surface area contributed by atoms with Crippen LogP contribution in [0.5, 0.6) is 0 Å². The lowest BCUT2D eigenvalue weighted by Gasteiger charge is -2.17. The maximum atomic E-state index is 11.2. The number of Topliss-reactive ketones (excluding diaryl/α,β-unsaturated/α-hetero) is 1. The monoisotopic (exact) mass is 170 g/mol. The summed E-state index contributed by atoms with van der Waals surface area (Å²) in [6.45, 7) is 1.89. The van der Waals surface area contributed by atoms with Crippen molar-refractivity contribution in [3.05, 3.63) is 0 Å². The standard InChI is InChI=1S/C7H10N2O3/c1-4-2-5(8-11)7(10)6(3-4)9-12/h4,11-12H,2-3H2,1H3/b8-5+,9-6?. The molecule has 1 aliphatic carbocycles. The zero-order valence-electron chi connectivity index (χ0n) is 6.69. The molecule has 1 fully saturated rings. The number of oxime groups is 2. The molecule has 1 aliphatic rings. The van der Waals surface area contributed by atoms with Crippen molar-refractivity contribution in [3.63, 3.8) is 0 Å². The van der Waals surface area contributed by atoms with Crippen molar-refractivity contribution in [2.75, 3.05) is 0 Å². The van der Waals surface area contributed by atoms with Crippen LogP contribution in [-0.4, -0.2) is 27.6 Å². The lowest BCUT2D eigenvalue weighted by Crippen LogP contribution is -2.32. The fraction of sp³-hybridized carbons (Fsp3) is 0.571. The van der Waals surface area contributed by atoms with Crippen molar-refractivity contribution in [1.29, 1.82) is 0 Å². The summed E-state index contributed by atoms with van der Waals surface area (Å²) in [5.41, 5.74) is 0.142. The highest BCUT2D eigenvalue weighted by Crippen LogP contribution is 2.17. The van der Waals surface area contributed by atoms with Crippen LogP contribution in [0.2, 0.25) is 0 Å². The fourth-order valence-corrected chi connectivity index (χ4v) is 1.26. The van der Waals surface area contributed by atoms with Crippen LogP contribution in [0.25, 0.3) is 0 Å². The minimum atomic E-state index is -0.460. The normalized spacial score (nSPS) is 31.4. The summed E-state index contributed by atoms with van der Waals surface area (Å²) < 4.78 is 0. The molecule has 0 bridgehead atoms. The predicted molar refractivity (Wildman–Crippen MR) is 41.8 cm³/mol. The Morgan fingerprint density at radius 2 is 1.67 bits per heavy atom. The average molecular weight is 170 g/mol. The highest BCUT2D eigenvalue weighted by molar-refractivity contribution is 6.67. The first kappa shape index (κ1) is 8.70. The highest BCUT2D eigenvalue weighted by Gasteiger charge is 2.28. The molecule has 66 valence electrons. The van der Waals surface area contributed by atoms with Crippen molar-refractivity contribution < 1.29 is 15.2 Å². The van der Waals surface area contributed by atoms with Crippen LogP contribution in [0.3, 0.4) is 0 Å². The lowest BCUT2D eigenvalue weighted by molar-refractivity contribution is -0.108. The van der Waals surface area contributed by atoms with Crippen molar-refractivity contribution >= 4 is 17.2 Å². The molecule has 1 saturated carbocycles. The molecule has 5 heteroatoms. The van der Waals surface area contributed by atoms with Gasteiger partial charge in [0.05, 0.1) is 0 Å². The van der Waals surface area contributed by atoms with Gasteiger partial charge in [-0.25, -0.2) is 0 Å². The maximum absolute atomic E-state index is 11.2. The van der Waals surface area contributed by atoms with Gasteiger partial charge in [-0.1, -0.05) is 17.2 Å². The van der Waals surface area contributed by atoms with E-state index >= 15 is 0 Å². The van der Waals surface area contributed by atoms with Gasteiger partial charge < -0.3 is 10.4 Å². The molecular formula is C7H10N2O3. The number of carbonyl (C=O) groups is 1. The number of hydrogen-bond acceptors (Lipinski definition) is 5. The first-order chi connectivity index (χ1) is 5.69. The van der Waals surface area contributed by atoms with Gasteiger partial charge in [-0.15, -0.1) is 0 Å². The first-order valence-corrected chi connectivity index (χ1v) is 3.65. The van der Waals surface area contributed by atoms with Crippen molar-refractivity contribution in [2.45, 2.75) is 19.8 Å². The zero-order chi connectivity index (χ0) is 9.14. The van der Waals surface area contributed by atoms with Gasteiger partial charge >= 0.3 is 0 Å². The zero-order valence-corrected chi connectivity index (χ0v) is 6.69. The van der Waals surface area contributed by atoms with Gasteiger partial charge in [-0.3, -0.25) is 4.79 Å². The van der Waals surface area contributed by atoms with Crippen LogP contribution >= 0.6 is 0 Å². The minimum absolute atomic E-state index is 0.0709. The van der Waals surface area contributed by atoms with E-state index < -0.39 is 5.78 Å². The highest BCUT2D eigenvalue weighted by atomic mass is 16.4. The van der Waals surface area contributed by atoms with Gasteiger partial charge in [-0.2, -0.15) is 0 Å². The molecular weight excluding hydrogens is 160 g/mol. The smallest absolute Gasteiger partial charge is 0.228 e. The van der Waals surface area contributed by atoms with Crippen molar-refractivity contribution in [1.82, 2.24) is 0 Å². The predicted octanol–water partition coefficient (Wildman–Crippen LogP) is 0.646. The van der Waals surface area contributed by atoms with E-state index in [0.717, 1.165) is 0 Å². The molecule has 1 unspecified atom stereocenters. The van der Waals surface area contributed by atoms with Gasteiger partial charge in [0, 0.05) is 0 Å². The molecule has 5 nitrogen and oxygen atoms in total. The molecule has 0 aromatic heterocycles. The Hall–Kier alpha value is -1.39. The molecule has 1 rings (SSSR count). The van der Waals surface area contributed by atoms with Crippen LogP contribution in [0.4, 0.5) is 0 Å². The summed E-state index contributed by atoms with van der Waals surface area (Å²) in [5, 5.41) is 22.6. The molecule has 0 heterocycles. The van der Waals surface area contributed by atoms with Crippen LogP contribution < -0.4 is 0 Å². The quantitative estimate of drug-likeness (QED) is 0.413. The molecule has 0 saturated heterocycles. The third kappa shape index (κ3) is 1.44. The summed E-state index contributed by atoms with van der Waals surface area (Å²) in [6.07, 6.45) is 0.878. The van der Waals surface area contributed by atoms with Crippen LogP contribution in [-0.2, 0) is 4.79 Å². The number of carbonyl (C=O) groups excluding carboxylic acids is 1. The van der Waals surface area contributed by atoms with Gasteiger partial charge in [0.25, 0.3) is 0 Å². The van der Waals surface area contributed by atoms with Gasteiger partial charge in [0.2, 0.25) is 5.78 Å². The van der Waals surface area contributed by atoms with Gasteiger partial charge in [0.15, 0.2) is 0 Å². The SMILES string of the molecule is CC1CC(=NO)C(=O)/C(=N/O)C1. The van der Waals surface area contributed by atoms with E-state index in [9.17, 15) is 4.79 Å². The summed E-state index contributed by atoms with van der Waals surface area (Å²) in [6, 6.07) is 0. The Bertz CT molecular complexity index is 233. The van der Waals surface area contributed by atoms with Crippen LogP contribution in [0.1, 0.15) is 19.8 Å². The Morgan fingerprint density at radius 3 is 2.00 bits per heavy atom. The van der Waals surface area contributed by atoms with E-state index in [2.05, 4.69) is 10.3 Å². The fourth-order valence-electron chi connectivity index (χ4n) is 1.26. The minimum Gasteiger partial charge on any atom is -0.411 e. The van der Waals surface area contributed by atoms with Gasteiger partial charge in [0.1, 0.15) is 11.4 Å². The summed E-state index contributed by atoms with van der Waals surface area (Å²) in [4.78, 5) is 11.2. The second-order valence-electron chi connectivity index (χ2n) is 2.94. The number of rotatable bonds is 0. The molecule has 0 aliphatic heterocycles. The molecule has 12 heavy (non-hydrogen) atoms. The number of ketones is 1. The summed E-state index contributed by atoms with van der Waals surface area (Å²) in [5.74, 6) is -0.280. The first-order valence-electron chi connectivity index (χ1n) is 3.65. The van der Waals surface area contributed by atoms with E-state index in [4.69, 9.17) is 10.4 Å². The molecule has 1 atom stereocenters. The Morgan fingerprint density at radius 1 is 1.25 bits per heavy atom. The molecule has 0 aromatic rings. The molecule has 2 N–H and O–H groups in total. The van der Waals surface area contributed by atoms with Crippen molar-refractivity contribution in [3.8, 4) is 0 Å². The van der Waals surface area contributed by atoms with E-state index in [1.54, 1.807) is 0 Å². The third-order valence-corrected chi connectivity index (χ3v) is 1.85. The Kier molecular flexibility index (Phi) is 2.42. The average Bonchev–Trinajstić information content (AvgIpc) is 2.08. The number of nitrogens with zero attached hydrogens (tertiary/aromatic N) is 2. The second kappa shape index (κ2) is 3.34. The lowest BCUT2D eigenvalue weighted by atomic mass is 9.87. The summed E-state index contributed by atoms with van der Waals surface area (Å²) in [7, 11) is 0. The van der Waals surface area contributed by atoms with E-state index in [-0.39, 0.29) is 17.3 Å².